The molecule has 0 radical (unpaired) electrons. The van der Waals surface area contributed by atoms with Gasteiger partial charge >= 0.3 is 5.97 Å². The molecule has 1 aromatic heterocycles. The van der Waals surface area contributed by atoms with Crippen LogP contribution in [-0.2, 0) is 16.0 Å². The highest BCUT2D eigenvalue weighted by atomic mass is 35.5. The fourth-order valence-corrected chi connectivity index (χ4v) is 2.66. The largest absolute Gasteiger partial charge is 0.469 e. The molecule has 0 atom stereocenters. The Bertz CT molecular complexity index is 858. The summed E-state index contributed by atoms with van der Waals surface area (Å²) in [6, 6.07) is 10.6. The number of oxazole rings is 1. The van der Waals surface area contributed by atoms with Crippen molar-refractivity contribution in [1.29, 1.82) is 0 Å². The molecule has 3 rings (SSSR count). The first kappa shape index (κ1) is 14.9. The number of carbonyl (C=O) groups is 1. The Hall–Kier alpha value is -2.04. The highest BCUT2D eigenvalue weighted by molar-refractivity contribution is 6.38. The van der Waals surface area contributed by atoms with Crippen LogP contribution in [0.1, 0.15) is 5.56 Å². The van der Waals surface area contributed by atoms with E-state index in [-0.39, 0.29) is 12.4 Å². The number of carbonyl (C=O) groups excluding carboxylic acids is 1. The van der Waals surface area contributed by atoms with E-state index in [4.69, 9.17) is 27.6 Å². The van der Waals surface area contributed by atoms with Crippen LogP contribution in [0.2, 0.25) is 10.0 Å². The van der Waals surface area contributed by atoms with E-state index in [1.807, 2.05) is 24.3 Å². The van der Waals surface area contributed by atoms with Crippen molar-refractivity contribution in [2.75, 3.05) is 7.11 Å². The van der Waals surface area contributed by atoms with Crippen LogP contribution in [0.5, 0.6) is 0 Å². The predicted octanol–water partition coefficient (Wildman–Crippen LogP) is 4.52. The molecule has 6 heteroatoms. The van der Waals surface area contributed by atoms with E-state index in [9.17, 15) is 4.79 Å². The van der Waals surface area contributed by atoms with Crippen LogP contribution in [0.15, 0.2) is 40.8 Å². The van der Waals surface area contributed by atoms with E-state index >= 15 is 0 Å². The monoisotopic (exact) mass is 335 g/mol. The van der Waals surface area contributed by atoms with E-state index in [1.54, 1.807) is 12.1 Å². The van der Waals surface area contributed by atoms with Gasteiger partial charge in [-0.25, -0.2) is 4.98 Å². The van der Waals surface area contributed by atoms with Crippen molar-refractivity contribution in [3.63, 3.8) is 0 Å². The second-order valence-corrected chi connectivity index (χ2v) is 5.55. The average Bonchev–Trinajstić information content (AvgIpc) is 2.91. The summed E-state index contributed by atoms with van der Waals surface area (Å²) >= 11 is 12.1. The molecule has 0 N–H and O–H groups in total. The third-order valence-electron chi connectivity index (χ3n) is 3.16. The molecule has 0 saturated heterocycles. The number of aromatic nitrogens is 1. The maximum Gasteiger partial charge on any atom is 0.309 e. The van der Waals surface area contributed by atoms with Crippen molar-refractivity contribution in [1.82, 2.24) is 4.98 Å². The minimum Gasteiger partial charge on any atom is -0.469 e. The molecule has 4 nitrogen and oxygen atoms in total. The molecule has 0 fully saturated rings. The lowest BCUT2D eigenvalue weighted by molar-refractivity contribution is -0.139. The van der Waals surface area contributed by atoms with Crippen molar-refractivity contribution in [2.45, 2.75) is 6.42 Å². The Morgan fingerprint density at radius 3 is 2.86 bits per heavy atom. The summed E-state index contributed by atoms with van der Waals surface area (Å²) in [4.78, 5) is 15.8. The van der Waals surface area contributed by atoms with Gasteiger partial charge in [-0.2, -0.15) is 0 Å². The fraction of sp³-hybridized carbons (Fsp3) is 0.125. The molecule has 0 aliphatic heterocycles. The molecule has 22 heavy (non-hydrogen) atoms. The van der Waals surface area contributed by atoms with Crippen LogP contribution in [0, 0.1) is 0 Å². The fourth-order valence-electron chi connectivity index (χ4n) is 2.14. The van der Waals surface area contributed by atoms with E-state index in [2.05, 4.69) is 9.72 Å². The molecule has 0 amide bonds. The predicted molar refractivity (Wildman–Crippen MR) is 85.2 cm³/mol. The van der Waals surface area contributed by atoms with Crippen LogP contribution in [0.4, 0.5) is 0 Å². The van der Waals surface area contributed by atoms with Gasteiger partial charge in [0.25, 0.3) is 0 Å². The van der Waals surface area contributed by atoms with Gasteiger partial charge in [0.05, 0.1) is 18.6 Å². The second-order valence-electron chi connectivity index (χ2n) is 4.71. The van der Waals surface area contributed by atoms with Gasteiger partial charge in [0, 0.05) is 10.6 Å². The third kappa shape index (κ3) is 2.93. The molecule has 2 aromatic carbocycles. The quantitative estimate of drug-likeness (QED) is 0.660. The Kier molecular flexibility index (Phi) is 4.05. The number of methoxy groups -OCH3 is 1. The van der Waals surface area contributed by atoms with Crippen molar-refractivity contribution < 1.29 is 13.9 Å². The second kappa shape index (κ2) is 5.99. The first-order valence-electron chi connectivity index (χ1n) is 6.48. The molecule has 0 unspecified atom stereocenters. The Labute approximate surface area is 136 Å². The first-order chi connectivity index (χ1) is 10.6. The standard InChI is InChI=1S/C16H11Cl2NO3/c1-21-14(20)6-9-3-2-4-10(5-9)16-19-13-8-11(17)7-12(18)15(13)22-16/h2-5,7-8H,6H2,1H3. The number of hydrogen-bond donors (Lipinski definition) is 0. The Balaban J connectivity index is 2.02. The van der Waals surface area contributed by atoms with E-state index in [1.165, 1.54) is 7.11 Å². The number of rotatable bonds is 3. The molecule has 1 heterocycles. The average molecular weight is 336 g/mol. The summed E-state index contributed by atoms with van der Waals surface area (Å²) < 4.78 is 10.4. The number of benzene rings is 2. The molecule has 112 valence electrons. The maximum absolute atomic E-state index is 11.4. The number of ether oxygens (including phenoxy) is 1. The molecule has 0 saturated carbocycles. The van der Waals surface area contributed by atoms with E-state index in [0.29, 0.717) is 27.0 Å². The lowest BCUT2D eigenvalue weighted by atomic mass is 10.1. The van der Waals surface area contributed by atoms with Crippen molar-refractivity contribution >= 4 is 40.3 Å². The molecular weight excluding hydrogens is 325 g/mol. The third-order valence-corrected chi connectivity index (χ3v) is 3.66. The molecule has 0 aliphatic rings. The zero-order chi connectivity index (χ0) is 15.7. The number of hydrogen-bond acceptors (Lipinski definition) is 4. The zero-order valence-electron chi connectivity index (χ0n) is 11.6. The number of esters is 1. The SMILES string of the molecule is COC(=O)Cc1cccc(-c2nc3cc(Cl)cc(Cl)c3o2)c1. The van der Waals surface area contributed by atoms with Crippen LogP contribution in [0.25, 0.3) is 22.6 Å². The molecule has 0 bridgehead atoms. The molecule has 3 aromatic rings. The minimum absolute atomic E-state index is 0.192. The molecule has 0 aliphatic carbocycles. The summed E-state index contributed by atoms with van der Waals surface area (Å²) in [5, 5.41) is 0.906. The minimum atomic E-state index is -0.301. The van der Waals surface area contributed by atoms with E-state index < -0.39 is 0 Å². The highest BCUT2D eigenvalue weighted by Gasteiger charge is 2.13. The Morgan fingerprint density at radius 1 is 1.27 bits per heavy atom. The topological polar surface area (TPSA) is 52.3 Å². The van der Waals surface area contributed by atoms with Crippen molar-refractivity contribution in [2.24, 2.45) is 0 Å². The van der Waals surface area contributed by atoms with Crippen LogP contribution < -0.4 is 0 Å². The Morgan fingerprint density at radius 2 is 2.09 bits per heavy atom. The molecule has 0 spiro atoms. The smallest absolute Gasteiger partial charge is 0.309 e. The van der Waals surface area contributed by atoms with E-state index in [0.717, 1.165) is 11.1 Å². The van der Waals surface area contributed by atoms with Gasteiger partial charge in [-0.1, -0.05) is 35.3 Å². The first-order valence-corrected chi connectivity index (χ1v) is 7.24. The van der Waals surface area contributed by atoms with Crippen LogP contribution in [-0.4, -0.2) is 18.1 Å². The van der Waals surface area contributed by atoms with Gasteiger partial charge in [0.2, 0.25) is 5.89 Å². The summed E-state index contributed by atoms with van der Waals surface area (Å²) in [5.41, 5.74) is 2.64. The van der Waals surface area contributed by atoms with Gasteiger partial charge in [0.1, 0.15) is 5.52 Å². The zero-order valence-corrected chi connectivity index (χ0v) is 13.1. The summed E-state index contributed by atoms with van der Waals surface area (Å²) in [6.45, 7) is 0. The van der Waals surface area contributed by atoms with Crippen LogP contribution in [0.3, 0.4) is 0 Å². The van der Waals surface area contributed by atoms with Gasteiger partial charge in [-0.15, -0.1) is 0 Å². The summed E-state index contributed by atoms with van der Waals surface area (Å²) in [6.07, 6.45) is 0.192. The van der Waals surface area contributed by atoms with Crippen molar-refractivity contribution in [3.8, 4) is 11.5 Å². The number of fused-ring (bicyclic) bond motifs is 1. The van der Waals surface area contributed by atoms with Crippen LogP contribution >= 0.6 is 23.2 Å². The number of nitrogens with zero attached hydrogens (tertiary/aromatic N) is 1. The van der Waals surface area contributed by atoms with Crippen molar-refractivity contribution in [3.05, 3.63) is 52.0 Å². The lowest BCUT2D eigenvalue weighted by Crippen LogP contribution is -2.04. The van der Waals surface area contributed by atoms with Gasteiger partial charge in [0.15, 0.2) is 5.58 Å². The van der Waals surface area contributed by atoms with Gasteiger partial charge < -0.3 is 9.15 Å². The number of halogens is 2. The molecular formula is C16H11Cl2NO3. The highest BCUT2D eigenvalue weighted by Crippen LogP contribution is 2.32. The normalized spacial score (nSPS) is 10.9. The maximum atomic E-state index is 11.4. The summed E-state index contributed by atoms with van der Waals surface area (Å²) in [7, 11) is 1.36. The lowest BCUT2D eigenvalue weighted by Gasteiger charge is -2.01. The van der Waals surface area contributed by atoms with Gasteiger partial charge in [-0.3, -0.25) is 4.79 Å². The summed E-state index contributed by atoms with van der Waals surface area (Å²) in [5.74, 6) is 0.121. The van der Waals surface area contributed by atoms with Gasteiger partial charge in [-0.05, 0) is 29.8 Å².